The van der Waals surface area contributed by atoms with E-state index in [0.29, 0.717) is 23.0 Å². The number of nitrogens with zero attached hydrogens (tertiary/aromatic N) is 6. The van der Waals surface area contributed by atoms with Crippen LogP contribution in [0, 0.1) is 32.6 Å². The zero-order chi connectivity index (χ0) is 27.0. The molecule has 1 unspecified atom stereocenters. The van der Waals surface area contributed by atoms with Gasteiger partial charge in [-0.3, -0.25) is 14.5 Å². The quantitative estimate of drug-likeness (QED) is 0.358. The number of fused-ring (bicyclic) bond motifs is 2. The molecule has 1 atom stereocenters. The molecular formula is C29H28N8O. The van der Waals surface area contributed by atoms with Gasteiger partial charge in [0.05, 0.1) is 17.1 Å². The van der Waals surface area contributed by atoms with Crippen LogP contribution >= 0.6 is 0 Å². The maximum atomic E-state index is 12.7. The first-order chi connectivity index (χ1) is 18.2. The largest absolute Gasteiger partial charge is 0.309 e. The smallest absolute Gasteiger partial charge is 0.242 e. The molecular weight excluding hydrogens is 476 g/mol. The molecule has 0 aliphatic rings. The fourth-order valence-corrected chi connectivity index (χ4v) is 4.25. The summed E-state index contributed by atoms with van der Waals surface area (Å²) < 4.78 is 1.79. The Kier molecular flexibility index (Phi) is 6.57. The second-order valence-corrected chi connectivity index (χ2v) is 9.24. The summed E-state index contributed by atoms with van der Waals surface area (Å²) in [6.07, 6.45) is 1.80. The number of carbonyl (C=O) groups excluding carboxylic acids is 1. The van der Waals surface area contributed by atoms with Gasteiger partial charge in [-0.15, -0.1) is 0 Å². The molecule has 1 aromatic carbocycles. The lowest BCUT2D eigenvalue weighted by atomic mass is 10.1. The molecule has 9 heteroatoms. The van der Waals surface area contributed by atoms with E-state index in [0.717, 1.165) is 44.4 Å². The van der Waals surface area contributed by atoms with Gasteiger partial charge in [-0.1, -0.05) is 12.0 Å². The second-order valence-electron chi connectivity index (χ2n) is 9.24. The van der Waals surface area contributed by atoms with Crippen molar-refractivity contribution in [2.45, 2.75) is 33.7 Å². The van der Waals surface area contributed by atoms with Crippen LogP contribution < -0.4 is 10.6 Å². The Labute approximate surface area is 220 Å². The summed E-state index contributed by atoms with van der Waals surface area (Å²) in [4.78, 5) is 30.9. The highest BCUT2D eigenvalue weighted by Gasteiger charge is 2.18. The minimum atomic E-state index is -0.390. The van der Waals surface area contributed by atoms with Crippen LogP contribution in [0.1, 0.15) is 35.4 Å². The normalized spacial score (nSPS) is 11.8. The summed E-state index contributed by atoms with van der Waals surface area (Å²) in [6.45, 7) is 7.59. The fraction of sp³-hybridized carbons (Fsp3) is 0.241. The van der Waals surface area contributed by atoms with Crippen LogP contribution in [0.3, 0.4) is 0 Å². The van der Waals surface area contributed by atoms with Crippen molar-refractivity contribution in [3.8, 4) is 23.1 Å². The Morgan fingerprint density at radius 2 is 1.84 bits per heavy atom. The Morgan fingerprint density at radius 1 is 1.03 bits per heavy atom. The number of hydrogen-bond acceptors (Lipinski definition) is 7. The number of aryl methyl sites for hydroxylation is 4. The highest BCUT2D eigenvalue weighted by atomic mass is 16.2. The van der Waals surface area contributed by atoms with Crippen molar-refractivity contribution in [1.82, 2.24) is 35.0 Å². The first-order valence-corrected chi connectivity index (χ1v) is 12.3. The van der Waals surface area contributed by atoms with E-state index in [2.05, 4.69) is 42.5 Å². The third kappa shape index (κ3) is 4.82. The van der Waals surface area contributed by atoms with Crippen LogP contribution in [-0.2, 0) is 11.8 Å². The molecule has 9 nitrogen and oxygen atoms in total. The SMILES string of the molecule is CNC(C)C(=O)Nc1cc(-c2nc(C)nc3nn(C)c(C)c23)cc(C#Cc2ccc3c(C)nccc3c2)n1. The molecule has 0 saturated heterocycles. The van der Waals surface area contributed by atoms with E-state index in [1.54, 1.807) is 24.9 Å². The Morgan fingerprint density at radius 3 is 2.63 bits per heavy atom. The average Bonchev–Trinajstić information content (AvgIpc) is 3.18. The third-order valence-electron chi connectivity index (χ3n) is 6.57. The molecule has 0 bridgehead atoms. The molecule has 38 heavy (non-hydrogen) atoms. The molecule has 5 aromatic rings. The summed E-state index contributed by atoms with van der Waals surface area (Å²) in [5.41, 5.74) is 5.38. The minimum absolute atomic E-state index is 0.198. The molecule has 0 aliphatic carbocycles. The van der Waals surface area contributed by atoms with Gasteiger partial charge >= 0.3 is 0 Å². The molecule has 4 aromatic heterocycles. The number of benzene rings is 1. The summed E-state index contributed by atoms with van der Waals surface area (Å²) in [5, 5.41) is 13.4. The van der Waals surface area contributed by atoms with Gasteiger partial charge in [0.1, 0.15) is 17.3 Å². The highest BCUT2D eigenvalue weighted by Crippen LogP contribution is 2.30. The summed E-state index contributed by atoms with van der Waals surface area (Å²) >= 11 is 0. The van der Waals surface area contributed by atoms with Crippen LogP contribution in [0.5, 0.6) is 0 Å². The molecule has 0 saturated carbocycles. The van der Waals surface area contributed by atoms with Crippen molar-refractivity contribution in [2.24, 2.45) is 7.05 Å². The van der Waals surface area contributed by atoms with Crippen molar-refractivity contribution in [1.29, 1.82) is 0 Å². The maximum Gasteiger partial charge on any atom is 0.242 e. The minimum Gasteiger partial charge on any atom is -0.309 e. The fourth-order valence-electron chi connectivity index (χ4n) is 4.25. The highest BCUT2D eigenvalue weighted by molar-refractivity contribution is 5.96. The Hall–Kier alpha value is -4.68. The number of aromatic nitrogens is 6. The number of amides is 1. The van der Waals surface area contributed by atoms with Gasteiger partial charge in [-0.2, -0.15) is 5.10 Å². The van der Waals surface area contributed by atoms with Crippen molar-refractivity contribution >= 4 is 33.5 Å². The van der Waals surface area contributed by atoms with E-state index < -0.39 is 0 Å². The topological polar surface area (TPSA) is 111 Å². The lowest BCUT2D eigenvalue weighted by Crippen LogP contribution is -2.35. The predicted octanol–water partition coefficient (Wildman–Crippen LogP) is 3.84. The maximum absolute atomic E-state index is 12.7. The number of rotatable bonds is 4. The van der Waals surface area contributed by atoms with Gasteiger partial charge in [0, 0.05) is 41.1 Å². The third-order valence-corrected chi connectivity index (χ3v) is 6.57. The number of hydrogen-bond donors (Lipinski definition) is 2. The monoisotopic (exact) mass is 504 g/mol. The van der Waals surface area contributed by atoms with Crippen LogP contribution in [0.15, 0.2) is 42.6 Å². The van der Waals surface area contributed by atoms with Crippen molar-refractivity contribution in [2.75, 3.05) is 12.4 Å². The Balaban J connectivity index is 1.64. The number of likely N-dealkylation sites (N-methyl/N-ethyl adjacent to an activating group) is 1. The summed E-state index contributed by atoms with van der Waals surface area (Å²) in [6, 6.07) is 11.3. The van der Waals surface area contributed by atoms with Gasteiger partial charge in [-0.25, -0.2) is 15.0 Å². The van der Waals surface area contributed by atoms with Crippen LogP contribution in [0.2, 0.25) is 0 Å². The van der Waals surface area contributed by atoms with Crippen LogP contribution in [-0.4, -0.2) is 48.7 Å². The van der Waals surface area contributed by atoms with E-state index in [1.165, 1.54) is 0 Å². The standard InChI is InChI=1S/C29H28N8O/c1-16-24-10-8-20(13-21(24)11-12-31-16)7-9-23-14-22(15-25(34-23)35-29(38)17(2)30-5)27-26-18(3)37(6)36-28(26)33-19(4)32-27/h8,10-15,17,30H,1-6H3,(H,34,35,38). The molecule has 0 aliphatic heterocycles. The van der Waals surface area contributed by atoms with E-state index in [1.807, 2.05) is 64.2 Å². The van der Waals surface area contributed by atoms with Crippen molar-refractivity contribution in [3.63, 3.8) is 0 Å². The zero-order valence-electron chi connectivity index (χ0n) is 22.2. The average molecular weight is 505 g/mol. The molecule has 0 fully saturated rings. The van der Waals surface area contributed by atoms with Crippen molar-refractivity contribution in [3.05, 3.63) is 71.1 Å². The van der Waals surface area contributed by atoms with Crippen LogP contribution in [0.25, 0.3) is 33.1 Å². The molecule has 4 heterocycles. The van der Waals surface area contributed by atoms with E-state index in [4.69, 9.17) is 4.98 Å². The zero-order valence-corrected chi connectivity index (χ0v) is 22.2. The molecule has 0 radical (unpaired) electrons. The lowest BCUT2D eigenvalue weighted by molar-refractivity contribution is -0.117. The first kappa shape index (κ1) is 25.0. The molecule has 2 N–H and O–H groups in total. The van der Waals surface area contributed by atoms with Crippen LogP contribution in [0.4, 0.5) is 5.82 Å². The molecule has 5 rings (SSSR count). The number of carbonyl (C=O) groups is 1. The lowest BCUT2D eigenvalue weighted by Gasteiger charge is -2.12. The van der Waals surface area contributed by atoms with E-state index in [-0.39, 0.29) is 11.9 Å². The van der Waals surface area contributed by atoms with Gasteiger partial charge in [-0.05, 0) is 76.4 Å². The van der Waals surface area contributed by atoms with Gasteiger partial charge in [0.15, 0.2) is 5.65 Å². The van der Waals surface area contributed by atoms with Gasteiger partial charge in [0.2, 0.25) is 5.91 Å². The second kappa shape index (κ2) is 10.00. The van der Waals surface area contributed by atoms with E-state index in [9.17, 15) is 4.79 Å². The number of anilines is 1. The first-order valence-electron chi connectivity index (χ1n) is 12.3. The van der Waals surface area contributed by atoms with E-state index >= 15 is 0 Å². The van der Waals surface area contributed by atoms with Gasteiger partial charge < -0.3 is 10.6 Å². The predicted molar refractivity (Wildman–Crippen MR) is 149 cm³/mol. The summed E-state index contributed by atoms with van der Waals surface area (Å²) in [5.74, 6) is 7.20. The molecule has 0 spiro atoms. The molecule has 1 amide bonds. The summed E-state index contributed by atoms with van der Waals surface area (Å²) in [7, 11) is 3.61. The number of pyridine rings is 2. The van der Waals surface area contributed by atoms with Gasteiger partial charge in [0.25, 0.3) is 0 Å². The molecule has 190 valence electrons. The number of nitrogens with one attached hydrogen (secondary N) is 2. The Bertz CT molecular complexity index is 1780. The van der Waals surface area contributed by atoms with Crippen molar-refractivity contribution < 1.29 is 4.79 Å².